The number of piperazine rings is 1. The van der Waals surface area contributed by atoms with Crippen LogP contribution in [0.2, 0.25) is 18.1 Å². The van der Waals surface area contributed by atoms with Gasteiger partial charge in [-0.25, -0.2) is 0 Å². The van der Waals surface area contributed by atoms with Gasteiger partial charge in [-0.2, -0.15) is 0 Å². The van der Waals surface area contributed by atoms with E-state index in [-0.39, 0.29) is 22.9 Å². The summed E-state index contributed by atoms with van der Waals surface area (Å²) in [6.07, 6.45) is 0. The van der Waals surface area contributed by atoms with Crippen LogP contribution in [0.3, 0.4) is 0 Å². The van der Waals surface area contributed by atoms with Gasteiger partial charge in [-0.05, 0) is 91.6 Å². The molecule has 0 bridgehead atoms. The molecule has 1 heterocycles. The van der Waals surface area contributed by atoms with Crippen molar-refractivity contribution < 1.29 is 14.0 Å². The van der Waals surface area contributed by atoms with Crippen molar-refractivity contribution in [2.24, 2.45) is 0 Å². The van der Waals surface area contributed by atoms with E-state index in [0.717, 1.165) is 54.1 Å². The van der Waals surface area contributed by atoms with E-state index in [2.05, 4.69) is 73.5 Å². The third-order valence-electron chi connectivity index (χ3n) is 9.18. The minimum absolute atomic E-state index is 0.0763. The number of hydrogen-bond acceptors (Lipinski definition) is 5. The Labute approximate surface area is 265 Å². The number of rotatable bonds is 10. The Hall–Kier alpha value is -3.46. The summed E-state index contributed by atoms with van der Waals surface area (Å²) in [4.78, 5) is 31.0. The molecule has 0 aliphatic carbocycles. The van der Waals surface area contributed by atoms with Gasteiger partial charge in [0.15, 0.2) is 8.32 Å². The molecule has 1 aliphatic heterocycles. The maximum Gasteiger partial charge on any atom is 0.252 e. The van der Waals surface area contributed by atoms with Gasteiger partial charge in [-0.3, -0.25) is 9.59 Å². The molecule has 2 amide bonds. The van der Waals surface area contributed by atoms with E-state index >= 15 is 0 Å². The van der Waals surface area contributed by atoms with Crippen LogP contribution < -0.4 is 15.5 Å². The Morgan fingerprint density at radius 2 is 1.57 bits per heavy atom. The molecule has 44 heavy (non-hydrogen) atoms. The number of carbonyl (C=O) groups excluding carboxylic acids is 2. The molecule has 4 rings (SSSR count). The summed E-state index contributed by atoms with van der Waals surface area (Å²) in [6, 6.07) is 21.8. The van der Waals surface area contributed by atoms with Crippen molar-refractivity contribution >= 4 is 25.8 Å². The van der Waals surface area contributed by atoms with Crippen LogP contribution in [0.1, 0.15) is 65.6 Å². The van der Waals surface area contributed by atoms with Crippen LogP contribution in [0.25, 0.3) is 11.1 Å². The highest BCUT2D eigenvalue weighted by Crippen LogP contribution is 2.36. The lowest BCUT2D eigenvalue weighted by atomic mass is 9.98. The van der Waals surface area contributed by atoms with Crippen LogP contribution in [0.15, 0.2) is 66.7 Å². The number of carbonyl (C=O) groups is 2. The number of amides is 2. The average molecular weight is 615 g/mol. The van der Waals surface area contributed by atoms with Crippen LogP contribution in [-0.4, -0.2) is 71.4 Å². The molecule has 8 heteroatoms. The SMILES string of the molecule is Cc1ccc(N2CCN(C)CC2)cc1C(=O)N[C@H](C)c1cccc(-c2cccc(C(=O)NCCO[Si](C)(C)C(C)(C)C)c2)c1. The van der Waals surface area contributed by atoms with E-state index in [4.69, 9.17) is 4.43 Å². The first-order valence-electron chi connectivity index (χ1n) is 15.7. The molecule has 236 valence electrons. The number of aryl methyl sites for hydroxylation is 1. The van der Waals surface area contributed by atoms with Crippen molar-refractivity contribution in [3.63, 3.8) is 0 Å². The zero-order chi connectivity index (χ0) is 32.1. The van der Waals surface area contributed by atoms with E-state index in [1.54, 1.807) is 0 Å². The maximum atomic E-state index is 13.4. The van der Waals surface area contributed by atoms with Gasteiger partial charge >= 0.3 is 0 Å². The fourth-order valence-corrected chi connectivity index (χ4v) is 6.14. The van der Waals surface area contributed by atoms with Gasteiger partial charge in [0, 0.05) is 49.5 Å². The zero-order valence-corrected chi connectivity index (χ0v) is 28.8. The monoisotopic (exact) mass is 614 g/mol. The third kappa shape index (κ3) is 8.37. The minimum Gasteiger partial charge on any atom is -0.415 e. The second-order valence-corrected chi connectivity index (χ2v) is 18.4. The van der Waals surface area contributed by atoms with Gasteiger partial charge in [-0.15, -0.1) is 0 Å². The molecule has 0 unspecified atom stereocenters. The molecule has 1 fully saturated rings. The number of nitrogens with zero attached hydrogens (tertiary/aromatic N) is 2. The van der Waals surface area contributed by atoms with E-state index < -0.39 is 8.32 Å². The maximum absolute atomic E-state index is 13.4. The Morgan fingerprint density at radius 1 is 0.909 bits per heavy atom. The molecule has 0 radical (unpaired) electrons. The molecule has 1 saturated heterocycles. The van der Waals surface area contributed by atoms with Crippen molar-refractivity contribution in [2.75, 3.05) is 51.3 Å². The Balaban J connectivity index is 1.40. The van der Waals surface area contributed by atoms with Gasteiger partial charge < -0.3 is 24.9 Å². The lowest BCUT2D eigenvalue weighted by Gasteiger charge is -2.36. The highest BCUT2D eigenvalue weighted by atomic mass is 28.4. The smallest absolute Gasteiger partial charge is 0.252 e. The topological polar surface area (TPSA) is 73.9 Å². The molecule has 1 atom stereocenters. The first-order valence-corrected chi connectivity index (χ1v) is 18.6. The summed E-state index contributed by atoms with van der Waals surface area (Å²) in [7, 11) is 0.293. The molecule has 7 nitrogen and oxygen atoms in total. The molecule has 3 aromatic carbocycles. The molecular formula is C36H50N4O3Si. The third-order valence-corrected chi connectivity index (χ3v) is 13.7. The van der Waals surface area contributed by atoms with E-state index in [1.807, 2.05) is 68.4 Å². The van der Waals surface area contributed by atoms with Crippen molar-refractivity contribution in [2.45, 2.75) is 58.8 Å². The molecule has 2 N–H and O–H groups in total. The molecule has 0 aromatic heterocycles. The molecule has 1 aliphatic rings. The molecule has 0 saturated carbocycles. The summed E-state index contributed by atoms with van der Waals surface area (Å²) >= 11 is 0. The Bertz CT molecular complexity index is 1460. The number of likely N-dealkylation sites (N-methyl/N-ethyl adjacent to an activating group) is 1. The quantitative estimate of drug-likeness (QED) is 0.198. The van der Waals surface area contributed by atoms with Gasteiger partial charge in [0.1, 0.15) is 0 Å². The van der Waals surface area contributed by atoms with Gasteiger partial charge in [-0.1, -0.05) is 57.2 Å². The van der Waals surface area contributed by atoms with Crippen molar-refractivity contribution in [3.8, 4) is 11.1 Å². The number of benzene rings is 3. The first-order chi connectivity index (χ1) is 20.7. The largest absolute Gasteiger partial charge is 0.415 e. The van der Waals surface area contributed by atoms with Crippen LogP contribution in [0.4, 0.5) is 5.69 Å². The lowest BCUT2D eigenvalue weighted by molar-refractivity contribution is 0.0934. The van der Waals surface area contributed by atoms with Crippen LogP contribution in [0, 0.1) is 6.92 Å². The predicted molar refractivity (Wildman–Crippen MR) is 184 cm³/mol. The molecule has 3 aromatic rings. The number of anilines is 1. The summed E-state index contributed by atoms with van der Waals surface area (Å²) in [5.41, 5.74) is 6.31. The highest BCUT2D eigenvalue weighted by Gasteiger charge is 2.36. The number of nitrogens with one attached hydrogen (secondary N) is 2. The van der Waals surface area contributed by atoms with Crippen molar-refractivity contribution in [1.82, 2.24) is 15.5 Å². The minimum atomic E-state index is -1.85. The molecular weight excluding hydrogens is 565 g/mol. The van der Waals surface area contributed by atoms with Gasteiger partial charge in [0.25, 0.3) is 11.8 Å². The second-order valence-electron chi connectivity index (χ2n) is 13.6. The summed E-state index contributed by atoms with van der Waals surface area (Å²) in [5.74, 6) is -0.191. The Kier molecular flexibility index (Phi) is 10.7. The van der Waals surface area contributed by atoms with Crippen LogP contribution in [0.5, 0.6) is 0 Å². The van der Waals surface area contributed by atoms with Crippen LogP contribution in [-0.2, 0) is 4.43 Å². The fourth-order valence-electron chi connectivity index (χ4n) is 5.09. The van der Waals surface area contributed by atoms with Crippen molar-refractivity contribution in [3.05, 3.63) is 89.0 Å². The Morgan fingerprint density at radius 3 is 2.25 bits per heavy atom. The van der Waals surface area contributed by atoms with Gasteiger partial charge in [0.2, 0.25) is 0 Å². The van der Waals surface area contributed by atoms with E-state index in [1.165, 1.54) is 0 Å². The summed E-state index contributed by atoms with van der Waals surface area (Å²) in [5, 5.41) is 6.35. The van der Waals surface area contributed by atoms with Crippen molar-refractivity contribution in [1.29, 1.82) is 0 Å². The average Bonchev–Trinajstić information content (AvgIpc) is 2.99. The fraction of sp³-hybridized carbons (Fsp3) is 0.444. The second kappa shape index (κ2) is 14.1. The highest BCUT2D eigenvalue weighted by molar-refractivity contribution is 6.74. The number of hydrogen-bond donors (Lipinski definition) is 2. The summed E-state index contributed by atoms with van der Waals surface area (Å²) in [6.45, 7) is 20.0. The normalized spacial score (nSPS) is 15.1. The van der Waals surface area contributed by atoms with E-state index in [9.17, 15) is 9.59 Å². The van der Waals surface area contributed by atoms with Gasteiger partial charge in [0.05, 0.1) is 12.6 Å². The first kappa shape index (κ1) is 33.4. The molecule has 0 spiro atoms. The van der Waals surface area contributed by atoms with E-state index in [0.29, 0.717) is 24.3 Å². The summed E-state index contributed by atoms with van der Waals surface area (Å²) < 4.78 is 6.20. The predicted octanol–water partition coefficient (Wildman–Crippen LogP) is 6.66. The van der Waals surface area contributed by atoms with Crippen LogP contribution >= 0.6 is 0 Å². The standard InChI is InChI=1S/C36H50N4O3Si/c1-26-15-16-32(40-20-18-39(6)19-21-40)25-33(26)35(42)38-27(2)28-11-9-12-29(23-28)30-13-10-14-31(24-30)34(41)37-17-22-43-44(7,8)36(3,4)5/h9-16,23-25,27H,17-22H2,1-8H3,(H,37,41)(H,38,42)/t27-/m1/s1. The zero-order valence-electron chi connectivity index (χ0n) is 27.8. The lowest BCUT2D eigenvalue weighted by Crippen LogP contribution is -2.44.